The summed E-state index contributed by atoms with van der Waals surface area (Å²) in [5.74, 6) is 2.93. The van der Waals surface area contributed by atoms with E-state index in [1.807, 2.05) is 23.9 Å². The number of thioether (sulfide) groups is 1. The Bertz CT molecular complexity index is 364. The number of nitrogens with zero attached hydrogens (tertiary/aromatic N) is 1. The second kappa shape index (κ2) is 5.52. The van der Waals surface area contributed by atoms with E-state index in [9.17, 15) is 0 Å². The normalized spacial score (nSPS) is 20.1. The Kier molecular flexibility index (Phi) is 4.28. The molecule has 1 fully saturated rings. The molecule has 0 aliphatic carbocycles. The molecule has 0 aromatic heterocycles. The average Bonchev–Trinajstić information content (AvgIpc) is 2.81. The molecule has 1 aliphatic rings. The van der Waals surface area contributed by atoms with Gasteiger partial charge in [-0.05, 0) is 24.3 Å². The van der Waals surface area contributed by atoms with Crippen molar-refractivity contribution in [3.05, 3.63) is 28.8 Å². The van der Waals surface area contributed by atoms with E-state index < -0.39 is 0 Å². The highest BCUT2D eigenvalue weighted by Crippen LogP contribution is 2.32. The van der Waals surface area contributed by atoms with Crippen LogP contribution in [0.5, 0.6) is 0 Å². The van der Waals surface area contributed by atoms with Crippen molar-refractivity contribution >= 4 is 40.7 Å². The van der Waals surface area contributed by atoms with Crippen molar-refractivity contribution in [2.75, 3.05) is 23.5 Å². The number of hydrogen-bond acceptors (Lipinski definition) is 2. The fourth-order valence-corrected chi connectivity index (χ4v) is 3.89. The van der Waals surface area contributed by atoms with Crippen LogP contribution in [0.2, 0.25) is 5.02 Å². The second-order valence-corrected chi connectivity index (χ2v) is 5.82. The summed E-state index contributed by atoms with van der Waals surface area (Å²) in [7, 11) is 2.14. The molecule has 0 spiro atoms. The number of benzene rings is 1. The van der Waals surface area contributed by atoms with Gasteiger partial charge in [-0.25, -0.2) is 0 Å². The Morgan fingerprint density at radius 2 is 2.31 bits per heavy atom. The first-order valence-corrected chi connectivity index (χ1v) is 7.44. The van der Waals surface area contributed by atoms with Crippen LogP contribution >= 0.6 is 35.0 Å². The summed E-state index contributed by atoms with van der Waals surface area (Å²) in [6, 6.07) is 6.62. The number of alkyl halides is 1. The van der Waals surface area contributed by atoms with Gasteiger partial charge in [-0.1, -0.05) is 17.7 Å². The Morgan fingerprint density at radius 3 is 2.94 bits per heavy atom. The zero-order chi connectivity index (χ0) is 11.5. The first-order valence-electron chi connectivity index (χ1n) is 5.38. The molecule has 1 aromatic rings. The minimum atomic E-state index is 0.471. The highest BCUT2D eigenvalue weighted by atomic mass is 35.5. The molecule has 1 heterocycles. The van der Waals surface area contributed by atoms with Gasteiger partial charge < -0.3 is 4.90 Å². The first kappa shape index (κ1) is 12.4. The minimum Gasteiger partial charge on any atom is -0.370 e. The van der Waals surface area contributed by atoms with Crippen LogP contribution < -0.4 is 4.90 Å². The standard InChI is InChI=1S/C12H15Cl2NS/c1-15(9-5-6-16-8-9)12-4-2-3-11(14)10(12)7-13/h2-4,9H,5-8H2,1H3. The van der Waals surface area contributed by atoms with E-state index >= 15 is 0 Å². The molecule has 0 saturated carbocycles. The van der Waals surface area contributed by atoms with Crippen molar-refractivity contribution in [2.24, 2.45) is 0 Å². The number of halogens is 2. The molecule has 1 aliphatic heterocycles. The van der Waals surface area contributed by atoms with Crippen LogP contribution in [-0.2, 0) is 5.88 Å². The zero-order valence-corrected chi connectivity index (χ0v) is 11.6. The minimum absolute atomic E-state index is 0.471. The molecule has 2 rings (SSSR count). The highest BCUT2D eigenvalue weighted by molar-refractivity contribution is 7.99. The summed E-state index contributed by atoms with van der Waals surface area (Å²) in [5, 5.41) is 0.769. The smallest absolute Gasteiger partial charge is 0.0509 e. The molecule has 1 nitrogen and oxygen atoms in total. The highest BCUT2D eigenvalue weighted by Gasteiger charge is 2.22. The molecular weight excluding hydrogens is 261 g/mol. The van der Waals surface area contributed by atoms with Crippen LogP contribution in [0.15, 0.2) is 18.2 Å². The molecule has 0 amide bonds. The van der Waals surface area contributed by atoms with Crippen molar-refractivity contribution in [1.29, 1.82) is 0 Å². The molecule has 0 radical (unpaired) electrons. The fourth-order valence-electron chi connectivity index (χ4n) is 2.03. The van der Waals surface area contributed by atoms with Crippen molar-refractivity contribution in [1.82, 2.24) is 0 Å². The maximum atomic E-state index is 6.16. The Balaban J connectivity index is 2.27. The van der Waals surface area contributed by atoms with E-state index in [1.165, 1.54) is 23.6 Å². The van der Waals surface area contributed by atoms with Gasteiger partial charge in [-0.2, -0.15) is 11.8 Å². The van der Waals surface area contributed by atoms with Gasteiger partial charge in [-0.15, -0.1) is 11.6 Å². The topological polar surface area (TPSA) is 3.24 Å². The lowest BCUT2D eigenvalue weighted by Gasteiger charge is -2.28. The number of anilines is 1. The van der Waals surface area contributed by atoms with Crippen molar-refractivity contribution in [2.45, 2.75) is 18.3 Å². The average molecular weight is 276 g/mol. The van der Waals surface area contributed by atoms with E-state index in [0.717, 1.165) is 10.6 Å². The zero-order valence-electron chi connectivity index (χ0n) is 9.25. The molecule has 1 atom stereocenters. The third-order valence-electron chi connectivity index (χ3n) is 3.06. The summed E-state index contributed by atoms with van der Waals surface area (Å²) >= 11 is 14.2. The SMILES string of the molecule is CN(c1cccc(Cl)c1CCl)C1CCSC1. The molecule has 1 unspecified atom stereocenters. The predicted octanol–water partition coefficient (Wildman–Crippen LogP) is 4.02. The third-order valence-corrected chi connectivity index (χ3v) is 4.83. The van der Waals surface area contributed by atoms with E-state index in [-0.39, 0.29) is 0 Å². The second-order valence-electron chi connectivity index (χ2n) is 4.00. The number of rotatable bonds is 3. The number of hydrogen-bond donors (Lipinski definition) is 0. The molecule has 1 saturated heterocycles. The van der Waals surface area contributed by atoms with Crippen LogP contribution in [0, 0.1) is 0 Å². The van der Waals surface area contributed by atoms with Crippen LogP contribution in [0.4, 0.5) is 5.69 Å². The molecule has 0 N–H and O–H groups in total. The van der Waals surface area contributed by atoms with E-state index in [2.05, 4.69) is 18.0 Å². The maximum Gasteiger partial charge on any atom is 0.0509 e. The summed E-state index contributed by atoms with van der Waals surface area (Å²) in [6.07, 6.45) is 1.25. The quantitative estimate of drug-likeness (QED) is 0.767. The van der Waals surface area contributed by atoms with Crippen LogP contribution in [-0.4, -0.2) is 24.6 Å². The summed E-state index contributed by atoms with van der Waals surface area (Å²) in [4.78, 5) is 2.32. The Labute approximate surface area is 111 Å². The summed E-state index contributed by atoms with van der Waals surface area (Å²) < 4.78 is 0. The molecule has 0 bridgehead atoms. The summed E-state index contributed by atoms with van der Waals surface area (Å²) in [5.41, 5.74) is 2.22. The van der Waals surface area contributed by atoms with E-state index in [0.29, 0.717) is 11.9 Å². The van der Waals surface area contributed by atoms with Crippen molar-refractivity contribution in [3.8, 4) is 0 Å². The van der Waals surface area contributed by atoms with Gasteiger partial charge in [-0.3, -0.25) is 0 Å². The van der Waals surface area contributed by atoms with Crippen LogP contribution in [0.3, 0.4) is 0 Å². The van der Waals surface area contributed by atoms with E-state index in [1.54, 1.807) is 0 Å². The largest absolute Gasteiger partial charge is 0.370 e. The molecule has 16 heavy (non-hydrogen) atoms. The molecule has 4 heteroatoms. The van der Waals surface area contributed by atoms with Gasteiger partial charge in [0.25, 0.3) is 0 Å². The van der Waals surface area contributed by atoms with Crippen LogP contribution in [0.1, 0.15) is 12.0 Å². The van der Waals surface area contributed by atoms with Crippen molar-refractivity contribution in [3.63, 3.8) is 0 Å². The lowest BCUT2D eigenvalue weighted by atomic mass is 10.1. The molecular formula is C12H15Cl2NS. The lowest BCUT2D eigenvalue weighted by Crippen LogP contribution is -2.31. The fraction of sp³-hybridized carbons (Fsp3) is 0.500. The Hall–Kier alpha value is -0.0500. The molecule has 88 valence electrons. The van der Waals surface area contributed by atoms with Gasteiger partial charge >= 0.3 is 0 Å². The predicted molar refractivity (Wildman–Crippen MR) is 75.1 cm³/mol. The van der Waals surface area contributed by atoms with Gasteiger partial charge in [0.1, 0.15) is 0 Å². The monoisotopic (exact) mass is 275 g/mol. The first-order chi connectivity index (χ1) is 7.74. The van der Waals surface area contributed by atoms with Gasteiger partial charge in [0, 0.05) is 35.1 Å². The molecule has 1 aromatic carbocycles. The van der Waals surface area contributed by atoms with Gasteiger partial charge in [0.2, 0.25) is 0 Å². The van der Waals surface area contributed by atoms with Crippen LogP contribution in [0.25, 0.3) is 0 Å². The van der Waals surface area contributed by atoms with Gasteiger partial charge in [0.15, 0.2) is 0 Å². The lowest BCUT2D eigenvalue weighted by molar-refractivity contribution is 0.698. The van der Waals surface area contributed by atoms with Crippen molar-refractivity contribution < 1.29 is 0 Å². The summed E-state index contributed by atoms with van der Waals surface area (Å²) in [6.45, 7) is 0. The third kappa shape index (κ3) is 2.44. The van der Waals surface area contributed by atoms with Gasteiger partial charge in [0.05, 0.1) is 5.88 Å². The Morgan fingerprint density at radius 1 is 1.50 bits per heavy atom. The van der Waals surface area contributed by atoms with E-state index in [4.69, 9.17) is 23.2 Å². The maximum absolute atomic E-state index is 6.16.